The fraction of sp³-hybridized carbons (Fsp3) is 0.556. The van der Waals surface area contributed by atoms with E-state index in [9.17, 15) is 9.59 Å². The second-order valence-corrected chi connectivity index (χ2v) is 7.31. The molecule has 2 rings (SSSR count). The molecule has 1 aromatic rings. The number of rotatable bonds is 3. The number of carbonyl (C=O) groups excluding carboxylic acids is 2. The van der Waals surface area contributed by atoms with Gasteiger partial charge in [0.1, 0.15) is 6.04 Å². The number of amides is 3. The van der Waals surface area contributed by atoms with Crippen molar-refractivity contribution in [2.45, 2.75) is 51.6 Å². The second-order valence-electron chi connectivity index (χ2n) is 7.31. The lowest BCUT2D eigenvalue weighted by molar-refractivity contribution is -0.128. The third kappa shape index (κ3) is 4.24. The number of benzene rings is 1. The van der Waals surface area contributed by atoms with Crippen LogP contribution >= 0.6 is 0 Å². The van der Waals surface area contributed by atoms with Gasteiger partial charge in [-0.15, -0.1) is 0 Å². The predicted molar refractivity (Wildman–Crippen MR) is 91.3 cm³/mol. The highest BCUT2D eigenvalue weighted by atomic mass is 16.2. The Morgan fingerprint density at radius 3 is 2.35 bits per heavy atom. The minimum absolute atomic E-state index is 0.0256. The molecule has 1 aromatic carbocycles. The number of nitrogens with one attached hydrogen (secondary N) is 2. The lowest BCUT2D eigenvalue weighted by Crippen LogP contribution is -2.46. The molecule has 126 valence electrons. The van der Waals surface area contributed by atoms with Gasteiger partial charge in [-0.3, -0.25) is 4.79 Å². The highest BCUT2D eigenvalue weighted by Crippen LogP contribution is 2.23. The molecular weight excluding hydrogens is 290 g/mol. The van der Waals surface area contributed by atoms with E-state index in [0.29, 0.717) is 13.0 Å². The molecule has 0 aromatic heterocycles. The first kappa shape index (κ1) is 17.3. The Bertz CT molecular complexity index is 575. The number of likely N-dealkylation sites (N-methyl/N-ethyl adjacent to an activating group) is 1. The molecule has 0 saturated carbocycles. The van der Waals surface area contributed by atoms with Crippen molar-refractivity contribution < 1.29 is 9.59 Å². The fourth-order valence-corrected chi connectivity index (χ4v) is 2.71. The first-order valence-electron chi connectivity index (χ1n) is 8.11. The van der Waals surface area contributed by atoms with Crippen molar-refractivity contribution in [1.29, 1.82) is 0 Å². The molecular formula is C18H27N3O2. The molecule has 3 amide bonds. The number of hydrogen-bond donors (Lipinski definition) is 2. The molecule has 0 spiro atoms. The quantitative estimate of drug-likeness (QED) is 0.900. The zero-order valence-corrected chi connectivity index (χ0v) is 14.6. The summed E-state index contributed by atoms with van der Waals surface area (Å²) in [4.78, 5) is 25.5. The van der Waals surface area contributed by atoms with Gasteiger partial charge in [0.05, 0.1) is 6.04 Å². The van der Waals surface area contributed by atoms with Crippen molar-refractivity contribution >= 4 is 11.9 Å². The van der Waals surface area contributed by atoms with Crippen LogP contribution in [0.25, 0.3) is 0 Å². The molecule has 1 saturated heterocycles. The number of nitrogens with zero attached hydrogens (tertiary/aromatic N) is 1. The number of carbonyl (C=O) groups is 2. The van der Waals surface area contributed by atoms with Crippen molar-refractivity contribution in [3.05, 3.63) is 35.4 Å². The summed E-state index contributed by atoms with van der Waals surface area (Å²) in [5.41, 5.74) is 2.42. The fourth-order valence-electron chi connectivity index (χ4n) is 2.71. The average Bonchev–Trinajstić information content (AvgIpc) is 2.78. The van der Waals surface area contributed by atoms with Crippen molar-refractivity contribution in [3.8, 4) is 0 Å². The summed E-state index contributed by atoms with van der Waals surface area (Å²) in [5, 5.41) is 5.65. The maximum Gasteiger partial charge on any atom is 0.315 e. The van der Waals surface area contributed by atoms with Gasteiger partial charge in [0.2, 0.25) is 5.91 Å². The zero-order chi connectivity index (χ0) is 17.2. The lowest BCUT2D eigenvalue weighted by atomic mass is 9.86. The van der Waals surface area contributed by atoms with Crippen LogP contribution in [0.3, 0.4) is 0 Å². The van der Waals surface area contributed by atoms with Crippen LogP contribution in [0.1, 0.15) is 51.3 Å². The van der Waals surface area contributed by atoms with Crippen molar-refractivity contribution in [2.75, 3.05) is 13.6 Å². The molecule has 1 heterocycles. The third-order valence-corrected chi connectivity index (χ3v) is 4.36. The van der Waals surface area contributed by atoms with E-state index in [1.54, 1.807) is 11.9 Å². The van der Waals surface area contributed by atoms with E-state index in [1.165, 1.54) is 5.56 Å². The highest BCUT2D eigenvalue weighted by Gasteiger charge is 2.30. The molecule has 23 heavy (non-hydrogen) atoms. The smallest absolute Gasteiger partial charge is 0.315 e. The first-order chi connectivity index (χ1) is 10.7. The van der Waals surface area contributed by atoms with Gasteiger partial charge in [-0.05, 0) is 29.9 Å². The topological polar surface area (TPSA) is 61.4 Å². The Balaban J connectivity index is 1.92. The molecule has 2 atom stereocenters. The highest BCUT2D eigenvalue weighted by molar-refractivity contribution is 5.88. The summed E-state index contributed by atoms with van der Waals surface area (Å²) in [7, 11) is 1.75. The molecule has 0 radical (unpaired) electrons. The molecule has 1 aliphatic heterocycles. The normalized spacial score (nSPS) is 19.6. The van der Waals surface area contributed by atoms with E-state index >= 15 is 0 Å². The summed E-state index contributed by atoms with van der Waals surface area (Å²) in [6, 6.07) is 7.46. The van der Waals surface area contributed by atoms with Gasteiger partial charge in [0, 0.05) is 13.6 Å². The van der Waals surface area contributed by atoms with Gasteiger partial charge in [0.15, 0.2) is 0 Å². The molecule has 0 aliphatic carbocycles. The SMILES string of the molecule is C[C@@H](NC(=O)N[C@@H]1CCN(C)C1=O)c1ccc(C(C)(C)C)cc1. The third-order valence-electron chi connectivity index (χ3n) is 4.36. The number of hydrogen-bond acceptors (Lipinski definition) is 2. The van der Waals surface area contributed by atoms with E-state index in [4.69, 9.17) is 0 Å². The summed E-state index contributed by atoms with van der Waals surface area (Å²) >= 11 is 0. The summed E-state index contributed by atoms with van der Waals surface area (Å²) in [6.07, 6.45) is 0.664. The zero-order valence-electron chi connectivity index (χ0n) is 14.6. The van der Waals surface area contributed by atoms with Gasteiger partial charge in [-0.1, -0.05) is 45.0 Å². The Kier molecular flexibility index (Phi) is 4.97. The van der Waals surface area contributed by atoms with Crippen molar-refractivity contribution in [3.63, 3.8) is 0 Å². The molecule has 5 nitrogen and oxygen atoms in total. The van der Waals surface area contributed by atoms with E-state index in [1.807, 2.05) is 19.1 Å². The number of urea groups is 1. The predicted octanol–water partition coefficient (Wildman–Crippen LogP) is 2.58. The summed E-state index contributed by atoms with van der Waals surface area (Å²) in [5.74, 6) is -0.0256. The molecule has 0 unspecified atom stereocenters. The van der Waals surface area contributed by atoms with Crippen LogP contribution in [0.5, 0.6) is 0 Å². The summed E-state index contributed by atoms with van der Waals surface area (Å²) in [6.45, 7) is 9.15. The van der Waals surface area contributed by atoms with Crippen LogP contribution in [0.15, 0.2) is 24.3 Å². The Morgan fingerprint density at radius 1 is 1.26 bits per heavy atom. The minimum Gasteiger partial charge on any atom is -0.344 e. The van der Waals surface area contributed by atoms with E-state index in [-0.39, 0.29) is 23.4 Å². The monoisotopic (exact) mass is 317 g/mol. The van der Waals surface area contributed by atoms with E-state index in [2.05, 4.69) is 43.5 Å². The van der Waals surface area contributed by atoms with Gasteiger partial charge < -0.3 is 15.5 Å². The van der Waals surface area contributed by atoms with Crippen LogP contribution in [0, 0.1) is 0 Å². The van der Waals surface area contributed by atoms with Gasteiger partial charge in [-0.25, -0.2) is 4.79 Å². The Labute approximate surface area is 138 Å². The van der Waals surface area contributed by atoms with Gasteiger partial charge in [0.25, 0.3) is 0 Å². The maximum absolute atomic E-state index is 12.1. The standard InChI is InChI=1S/C18H27N3O2/c1-12(13-6-8-14(9-7-13)18(2,3)4)19-17(23)20-15-10-11-21(5)16(15)22/h6-9,12,15H,10-11H2,1-5H3,(H2,19,20,23)/t12-,15-/m1/s1. The minimum atomic E-state index is -0.407. The molecule has 1 fully saturated rings. The Morgan fingerprint density at radius 2 is 1.87 bits per heavy atom. The average molecular weight is 317 g/mol. The van der Waals surface area contributed by atoms with Crippen LogP contribution in [0.2, 0.25) is 0 Å². The van der Waals surface area contributed by atoms with Crippen molar-refractivity contribution in [2.24, 2.45) is 0 Å². The van der Waals surface area contributed by atoms with Crippen molar-refractivity contribution in [1.82, 2.24) is 15.5 Å². The first-order valence-corrected chi connectivity index (χ1v) is 8.11. The molecule has 0 bridgehead atoms. The maximum atomic E-state index is 12.1. The van der Waals surface area contributed by atoms with E-state index in [0.717, 1.165) is 5.56 Å². The van der Waals surface area contributed by atoms with Crippen LogP contribution < -0.4 is 10.6 Å². The molecule has 2 N–H and O–H groups in total. The number of likely N-dealkylation sites (tertiary alicyclic amines) is 1. The van der Waals surface area contributed by atoms with Crippen LogP contribution in [-0.2, 0) is 10.2 Å². The lowest BCUT2D eigenvalue weighted by Gasteiger charge is -2.21. The van der Waals surface area contributed by atoms with Crippen LogP contribution in [0.4, 0.5) is 4.79 Å². The largest absolute Gasteiger partial charge is 0.344 e. The molecule has 5 heteroatoms. The van der Waals surface area contributed by atoms with Gasteiger partial charge >= 0.3 is 6.03 Å². The van der Waals surface area contributed by atoms with Crippen LogP contribution in [-0.4, -0.2) is 36.5 Å². The van der Waals surface area contributed by atoms with Gasteiger partial charge in [-0.2, -0.15) is 0 Å². The Hall–Kier alpha value is -2.04. The summed E-state index contributed by atoms with van der Waals surface area (Å²) < 4.78 is 0. The van der Waals surface area contributed by atoms with E-state index < -0.39 is 6.04 Å². The molecule has 1 aliphatic rings. The second kappa shape index (κ2) is 6.60.